The second-order valence-electron chi connectivity index (χ2n) is 4.70. The number of aromatic nitrogens is 1. The first-order chi connectivity index (χ1) is 10.6. The predicted molar refractivity (Wildman–Crippen MR) is 92.7 cm³/mol. The molecule has 6 heteroatoms. The van der Waals surface area contributed by atoms with Gasteiger partial charge in [-0.15, -0.1) is 11.8 Å². The molecule has 0 saturated carbocycles. The maximum atomic E-state index is 12.1. The van der Waals surface area contributed by atoms with Crippen molar-refractivity contribution in [3.05, 3.63) is 58.3 Å². The summed E-state index contributed by atoms with van der Waals surface area (Å²) in [6, 6.07) is 11.0. The van der Waals surface area contributed by atoms with Crippen LogP contribution in [0.5, 0.6) is 0 Å². The summed E-state index contributed by atoms with van der Waals surface area (Å²) >= 11 is 13.5. The fourth-order valence-corrected chi connectivity index (χ4v) is 3.25. The van der Waals surface area contributed by atoms with Gasteiger partial charge in [-0.25, -0.2) is 0 Å². The van der Waals surface area contributed by atoms with Crippen molar-refractivity contribution in [1.29, 1.82) is 0 Å². The number of nitrogens with zero attached hydrogens (tertiary/aromatic N) is 1. The van der Waals surface area contributed by atoms with E-state index in [0.717, 1.165) is 10.6 Å². The number of rotatable bonds is 6. The van der Waals surface area contributed by atoms with Crippen LogP contribution in [0.2, 0.25) is 10.0 Å². The molecule has 22 heavy (non-hydrogen) atoms. The van der Waals surface area contributed by atoms with E-state index in [0.29, 0.717) is 23.0 Å². The van der Waals surface area contributed by atoms with E-state index in [9.17, 15) is 4.79 Å². The molecule has 3 nitrogen and oxygen atoms in total. The zero-order chi connectivity index (χ0) is 15.9. The lowest BCUT2D eigenvalue weighted by Crippen LogP contribution is -2.32. The number of hydrogen-bond acceptors (Lipinski definition) is 3. The van der Waals surface area contributed by atoms with Crippen LogP contribution in [0.15, 0.2) is 47.5 Å². The quantitative estimate of drug-likeness (QED) is 0.789. The van der Waals surface area contributed by atoms with Crippen molar-refractivity contribution in [1.82, 2.24) is 10.3 Å². The van der Waals surface area contributed by atoms with E-state index >= 15 is 0 Å². The molecule has 0 aliphatic heterocycles. The Morgan fingerprint density at radius 1 is 1.32 bits per heavy atom. The summed E-state index contributed by atoms with van der Waals surface area (Å²) in [6.07, 6.45) is 2.46. The number of benzene rings is 1. The summed E-state index contributed by atoms with van der Waals surface area (Å²) in [4.78, 5) is 17.1. The number of amides is 1. The van der Waals surface area contributed by atoms with E-state index in [1.54, 1.807) is 24.4 Å². The van der Waals surface area contributed by atoms with Crippen LogP contribution in [0.1, 0.15) is 12.6 Å². The average Bonchev–Trinajstić information content (AvgIpc) is 2.52. The van der Waals surface area contributed by atoms with Gasteiger partial charge >= 0.3 is 0 Å². The van der Waals surface area contributed by atoms with Crippen molar-refractivity contribution < 1.29 is 4.79 Å². The van der Waals surface area contributed by atoms with Crippen molar-refractivity contribution in [2.75, 3.05) is 6.54 Å². The number of thioether (sulfide) groups is 1. The van der Waals surface area contributed by atoms with Crippen LogP contribution in [0.3, 0.4) is 0 Å². The van der Waals surface area contributed by atoms with E-state index in [4.69, 9.17) is 23.2 Å². The summed E-state index contributed by atoms with van der Waals surface area (Å²) in [7, 11) is 0. The van der Waals surface area contributed by atoms with Crippen LogP contribution in [0, 0.1) is 0 Å². The highest BCUT2D eigenvalue weighted by Crippen LogP contribution is 2.32. The Labute approximate surface area is 144 Å². The summed E-state index contributed by atoms with van der Waals surface area (Å²) < 4.78 is 0. The van der Waals surface area contributed by atoms with Crippen LogP contribution in [-0.2, 0) is 11.2 Å². The zero-order valence-corrected chi connectivity index (χ0v) is 14.4. The van der Waals surface area contributed by atoms with E-state index < -0.39 is 0 Å². The molecule has 2 aromatic rings. The zero-order valence-electron chi connectivity index (χ0n) is 12.1. The molecule has 0 aliphatic rings. The van der Waals surface area contributed by atoms with Crippen LogP contribution >= 0.6 is 35.0 Å². The Hall–Kier alpha value is -1.23. The molecule has 1 heterocycles. The maximum absolute atomic E-state index is 12.1. The molecule has 1 N–H and O–H groups in total. The topological polar surface area (TPSA) is 42.0 Å². The standard InChI is InChI=1S/C16H16Cl2N2OS/c1-11(22-15-10-12(17)5-6-14(15)18)16(21)20-9-7-13-4-2-3-8-19-13/h2-6,8,10-11H,7,9H2,1H3,(H,20,21)/t11-/m0/s1. The van der Waals surface area contributed by atoms with Gasteiger partial charge in [-0.05, 0) is 37.3 Å². The van der Waals surface area contributed by atoms with Crippen LogP contribution in [-0.4, -0.2) is 22.7 Å². The Morgan fingerprint density at radius 3 is 2.86 bits per heavy atom. The third-order valence-corrected chi connectivity index (χ3v) is 4.81. The number of nitrogens with one attached hydrogen (secondary N) is 1. The van der Waals surface area contributed by atoms with E-state index in [1.807, 2.05) is 25.1 Å². The number of carbonyl (C=O) groups excluding carboxylic acids is 1. The summed E-state index contributed by atoms with van der Waals surface area (Å²) in [5.74, 6) is -0.0306. The van der Waals surface area contributed by atoms with Crippen LogP contribution in [0.4, 0.5) is 0 Å². The molecule has 0 fully saturated rings. The van der Waals surface area contributed by atoms with Crippen molar-refractivity contribution in [3.8, 4) is 0 Å². The van der Waals surface area contributed by atoms with Gasteiger partial charge in [0.2, 0.25) is 5.91 Å². The smallest absolute Gasteiger partial charge is 0.233 e. The highest BCUT2D eigenvalue weighted by Gasteiger charge is 2.15. The van der Waals surface area contributed by atoms with Crippen molar-refractivity contribution >= 4 is 40.9 Å². The van der Waals surface area contributed by atoms with Gasteiger partial charge < -0.3 is 5.32 Å². The monoisotopic (exact) mass is 354 g/mol. The molecule has 1 atom stereocenters. The van der Waals surface area contributed by atoms with Crippen molar-refractivity contribution in [3.63, 3.8) is 0 Å². The Bertz CT molecular complexity index is 637. The normalized spacial score (nSPS) is 12.0. The minimum absolute atomic E-state index is 0.0306. The first-order valence-corrected chi connectivity index (χ1v) is 8.49. The van der Waals surface area contributed by atoms with Gasteiger partial charge in [0.15, 0.2) is 0 Å². The highest BCUT2D eigenvalue weighted by atomic mass is 35.5. The summed E-state index contributed by atoms with van der Waals surface area (Å²) in [6.45, 7) is 2.40. The molecule has 1 aromatic heterocycles. The van der Waals surface area contributed by atoms with Crippen molar-refractivity contribution in [2.45, 2.75) is 23.5 Å². The Morgan fingerprint density at radius 2 is 2.14 bits per heavy atom. The van der Waals surface area contributed by atoms with E-state index in [1.165, 1.54) is 11.8 Å². The molecular formula is C16H16Cl2N2OS. The molecule has 116 valence electrons. The van der Waals surface area contributed by atoms with Gasteiger partial charge in [0.05, 0.1) is 10.3 Å². The average molecular weight is 355 g/mol. The molecule has 0 saturated heterocycles. The lowest BCUT2D eigenvalue weighted by atomic mass is 10.2. The predicted octanol–water partition coefficient (Wildman–Crippen LogP) is 4.23. The van der Waals surface area contributed by atoms with Gasteiger partial charge in [0, 0.05) is 34.8 Å². The highest BCUT2D eigenvalue weighted by molar-refractivity contribution is 8.00. The number of pyridine rings is 1. The van der Waals surface area contributed by atoms with E-state index in [2.05, 4.69) is 10.3 Å². The summed E-state index contributed by atoms with van der Waals surface area (Å²) in [5.41, 5.74) is 0.959. The number of halogens is 2. The van der Waals surface area contributed by atoms with Gasteiger partial charge in [-0.3, -0.25) is 9.78 Å². The third kappa shape index (κ3) is 5.20. The largest absolute Gasteiger partial charge is 0.355 e. The van der Waals surface area contributed by atoms with Gasteiger partial charge in [0.1, 0.15) is 0 Å². The summed E-state index contributed by atoms with van der Waals surface area (Å²) in [5, 5.41) is 3.86. The molecule has 0 spiro atoms. The second-order valence-corrected chi connectivity index (χ2v) is 6.92. The molecule has 0 aliphatic carbocycles. The van der Waals surface area contributed by atoms with Crippen LogP contribution < -0.4 is 5.32 Å². The molecule has 1 amide bonds. The second kappa shape index (κ2) is 8.42. The third-order valence-electron chi connectivity index (χ3n) is 2.97. The number of carbonyl (C=O) groups is 1. The van der Waals surface area contributed by atoms with Gasteiger partial charge in [-0.2, -0.15) is 0 Å². The Kier molecular flexibility index (Phi) is 6.55. The molecule has 0 bridgehead atoms. The Balaban J connectivity index is 1.83. The first kappa shape index (κ1) is 17.1. The minimum atomic E-state index is -0.250. The van der Waals surface area contributed by atoms with Crippen LogP contribution in [0.25, 0.3) is 0 Å². The maximum Gasteiger partial charge on any atom is 0.233 e. The first-order valence-electron chi connectivity index (χ1n) is 6.85. The van der Waals surface area contributed by atoms with Gasteiger partial charge in [0.25, 0.3) is 0 Å². The van der Waals surface area contributed by atoms with E-state index in [-0.39, 0.29) is 11.2 Å². The molecule has 2 rings (SSSR count). The minimum Gasteiger partial charge on any atom is -0.355 e. The molecule has 0 radical (unpaired) electrons. The lowest BCUT2D eigenvalue weighted by molar-refractivity contribution is -0.120. The lowest BCUT2D eigenvalue weighted by Gasteiger charge is -2.13. The number of hydrogen-bond donors (Lipinski definition) is 1. The SMILES string of the molecule is C[C@H](Sc1cc(Cl)ccc1Cl)C(=O)NCCc1ccccn1. The van der Waals surface area contributed by atoms with Crippen molar-refractivity contribution in [2.24, 2.45) is 0 Å². The molecular weight excluding hydrogens is 339 g/mol. The molecule has 0 unspecified atom stereocenters. The molecule has 1 aromatic carbocycles. The fraction of sp³-hybridized carbons (Fsp3) is 0.250. The fourth-order valence-electron chi connectivity index (χ4n) is 1.81. The van der Waals surface area contributed by atoms with Gasteiger partial charge in [-0.1, -0.05) is 29.3 Å².